The van der Waals surface area contributed by atoms with Gasteiger partial charge in [-0.15, -0.1) is 0 Å². The number of nitrogens with zero attached hydrogens (tertiary/aromatic N) is 1. The monoisotopic (exact) mass is 231 g/mol. The van der Waals surface area contributed by atoms with Crippen LogP contribution in [0.15, 0.2) is 36.5 Å². The van der Waals surface area contributed by atoms with Crippen LogP contribution in [0.5, 0.6) is 0 Å². The number of halogens is 1. The van der Waals surface area contributed by atoms with E-state index in [1.165, 1.54) is 25.3 Å². The van der Waals surface area contributed by atoms with Crippen LogP contribution in [-0.4, -0.2) is 18.1 Å². The molecule has 0 radical (unpaired) electrons. The molecule has 0 fully saturated rings. The number of ether oxygens (including phenoxy) is 1. The van der Waals surface area contributed by atoms with Crippen molar-refractivity contribution in [1.29, 1.82) is 0 Å². The zero-order valence-corrected chi connectivity index (χ0v) is 9.18. The molecule has 1 heterocycles. The van der Waals surface area contributed by atoms with Crippen molar-refractivity contribution in [1.82, 2.24) is 4.98 Å². The molecule has 0 unspecified atom stereocenters. The predicted octanol–water partition coefficient (Wildman–Crippen LogP) is 2.56. The van der Waals surface area contributed by atoms with E-state index in [2.05, 4.69) is 9.72 Å². The number of carbonyl (C=O) groups is 1. The maximum atomic E-state index is 13.6. The highest BCUT2D eigenvalue weighted by Gasteiger charge is 2.03. The second-order valence-corrected chi connectivity index (χ2v) is 3.43. The van der Waals surface area contributed by atoms with Gasteiger partial charge >= 0.3 is 5.97 Å². The molecule has 0 N–H and O–H groups in total. The van der Waals surface area contributed by atoms with Crippen LogP contribution in [0.2, 0.25) is 0 Å². The number of methoxy groups -OCH3 is 1. The Balaban J connectivity index is 2.44. The normalized spacial score (nSPS) is 10.9. The maximum Gasteiger partial charge on any atom is 0.330 e. The topological polar surface area (TPSA) is 39.2 Å². The summed E-state index contributed by atoms with van der Waals surface area (Å²) in [6.07, 6.45) is 4.17. The third-order valence-electron chi connectivity index (χ3n) is 2.32. The van der Waals surface area contributed by atoms with Gasteiger partial charge < -0.3 is 4.74 Å². The Morgan fingerprint density at radius 1 is 1.47 bits per heavy atom. The number of hydrogen-bond donors (Lipinski definition) is 0. The molecule has 1 aromatic carbocycles. The van der Waals surface area contributed by atoms with Crippen LogP contribution in [-0.2, 0) is 9.53 Å². The average Bonchev–Trinajstić information content (AvgIpc) is 2.35. The van der Waals surface area contributed by atoms with Crippen molar-refractivity contribution < 1.29 is 13.9 Å². The van der Waals surface area contributed by atoms with E-state index in [0.717, 1.165) is 5.39 Å². The van der Waals surface area contributed by atoms with E-state index in [4.69, 9.17) is 0 Å². The summed E-state index contributed by atoms with van der Waals surface area (Å²) in [4.78, 5) is 15.0. The summed E-state index contributed by atoms with van der Waals surface area (Å²) in [5.41, 5.74) is 0.913. The van der Waals surface area contributed by atoms with Crippen LogP contribution < -0.4 is 0 Å². The molecule has 2 aromatic rings. The number of aromatic nitrogens is 1. The molecular formula is C13H10FNO2. The van der Waals surface area contributed by atoms with Crippen LogP contribution in [0.4, 0.5) is 4.39 Å². The molecule has 0 bridgehead atoms. The largest absolute Gasteiger partial charge is 0.466 e. The molecule has 17 heavy (non-hydrogen) atoms. The highest BCUT2D eigenvalue weighted by Crippen LogP contribution is 2.18. The van der Waals surface area contributed by atoms with Gasteiger partial charge in [0.15, 0.2) is 0 Å². The summed E-state index contributed by atoms with van der Waals surface area (Å²) in [5, 5.41) is 0.818. The summed E-state index contributed by atoms with van der Waals surface area (Å²) in [6.45, 7) is 0. The van der Waals surface area contributed by atoms with Crippen LogP contribution in [0, 0.1) is 5.82 Å². The van der Waals surface area contributed by atoms with Crippen molar-refractivity contribution in [3.8, 4) is 0 Å². The van der Waals surface area contributed by atoms with Gasteiger partial charge in [-0.25, -0.2) is 9.18 Å². The van der Waals surface area contributed by atoms with Gasteiger partial charge in [0.25, 0.3) is 0 Å². The SMILES string of the molecule is COC(=O)/C=C/c1cc2cccnc2cc1F. The molecule has 0 atom stereocenters. The van der Waals surface area contributed by atoms with Crippen molar-refractivity contribution >= 4 is 22.9 Å². The Bertz CT molecular complexity index is 593. The summed E-state index contributed by atoms with van der Waals surface area (Å²) in [6, 6.07) is 6.58. The van der Waals surface area contributed by atoms with Crippen molar-refractivity contribution in [2.75, 3.05) is 7.11 Å². The number of benzene rings is 1. The number of rotatable bonds is 2. The summed E-state index contributed by atoms with van der Waals surface area (Å²) >= 11 is 0. The first-order valence-electron chi connectivity index (χ1n) is 5.01. The van der Waals surface area contributed by atoms with Gasteiger partial charge in [0.05, 0.1) is 12.6 Å². The van der Waals surface area contributed by atoms with Crippen LogP contribution in [0.1, 0.15) is 5.56 Å². The number of hydrogen-bond acceptors (Lipinski definition) is 3. The fourth-order valence-electron chi connectivity index (χ4n) is 1.47. The summed E-state index contributed by atoms with van der Waals surface area (Å²) in [5.74, 6) is -0.938. The standard InChI is InChI=1S/C13H10FNO2/c1-17-13(16)5-4-9-7-10-3-2-6-15-12(10)8-11(9)14/h2-8H,1H3/b5-4+. The molecule has 1 aromatic heterocycles. The first-order valence-corrected chi connectivity index (χ1v) is 5.01. The average molecular weight is 231 g/mol. The highest BCUT2D eigenvalue weighted by atomic mass is 19.1. The predicted molar refractivity (Wildman–Crippen MR) is 62.8 cm³/mol. The Kier molecular flexibility index (Phi) is 3.14. The maximum absolute atomic E-state index is 13.6. The lowest BCUT2D eigenvalue weighted by molar-refractivity contribution is -0.134. The minimum Gasteiger partial charge on any atom is -0.466 e. The molecule has 0 saturated carbocycles. The van der Waals surface area contributed by atoms with Gasteiger partial charge in [-0.1, -0.05) is 6.07 Å². The van der Waals surface area contributed by atoms with Crippen molar-refractivity contribution in [2.45, 2.75) is 0 Å². The van der Waals surface area contributed by atoms with Gasteiger partial charge in [-0.2, -0.15) is 0 Å². The third-order valence-corrected chi connectivity index (χ3v) is 2.32. The van der Waals surface area contributed by atoms with Crippen LogP contribution in [0.25, 0.3) is 17.0 Å². The second kappa shape index (κ2) is 4.74. The lowest BCUT2D eigenvalue weighted by Crippen LogP contribution is -1.94. The second-order valence-electron chi connectivity index (χ2n) is 3.43. The van der Waals surface area contributed by atoms with E-state index in [1.54, 1.807) is 18.3 Å². The quantitative estimate of drug-likeness (QED) is 0.589. The number of pyridine rings is 1. The molecule has 0 aliphatic carbocycles. The summed E-state index contributed by atoms with van der Waals surface area (Å²) in [7, 11) is 1.27. The molecule has 0 aliphatic rings. The van der Waals surface area contributed by atoms with E-state index in [1.807, 2.05) is 6.07 Å². The Hall–Kier alpha value is -2.23. The number of esters is 1. The van der Waals surface area contributed by atoms with Gasteiger partial charge in [0.1, 0.15) is 5.82 Å². The van der Waals surface area contributed by atoms with E-state index in [0.29, 0.717) is 11.1 Å². The molecular weight excluding hydrogens is 221 g/mol. The summed E-state index contributed by atoms with van der Waals surface area (Å²) < 4.78 is 18.1. The van der Waals surface area contributed by atoms with Crippen LogP contribution in [0.3, 0.4) is 0 Å². The minimum atomic E-state index is -0.518. The zero-order valence-electron chi connectivity index (χ0n) is 9.18. The minimum absolute atomic E-state index is 0.330. The lowest BCUT2D eigenvalue weighted by Gasteiger charge is -2.00. The third kappa shape index (κ3) is 2.47. The molecule has 86 valence electrons. The molecule has 0 amide bonds. The van der Waals surface area contributed by atoms with Crippen molar-refractivity contribution in [3.63, 3.8) is 0 Å². The van der Waals surface area contributed by atoms with E-state index < -0.39 is 11.8 Å². The van der Waals surface area contributed by atoms with Crippen molar-refractivity contribution in [2.24, 2.45) is 0 Å². The Labute approximate surface area is 97.5 Å². The molecule has 3 nitrogen and oxygen atoms in total. The fraction of sp³-hybridized carbons (Fsp3) is 0.0769. The first-order chi connectivity index (χ1) is 8.20. The zero-order chi connectivity index (χ0) is 12.3. The van der Waals surface area contributed by atoms with Gasteiger partial charge in [0.2, 0.25) is 0 Å². The Morgan fingerprint density at radius 3 is 3.06 bits per heavy atom. The first kappa shape index (κ1) is 11.3. The number of fused-ring (bicyclic) bond motifs is 1. The van der Waals surface area contributed by atoms with Crippen molar-refractivity contribution in [3.05, 3.63) is 47.9 Å². The smallest absolute Gasteiger partial charge is 0.330 e. The number of carbonyl (C=O) groups excluding carboxylic acids is 1. The van der Waals surface area contributed by atoms with Gasteiger partial charge in [-0.3, -0.25) is 4.98 Å². The van der Waals surface area contributed by atoms with Gasteiger partial charge in [-0.05, 0) is 18.2 Å². The van der Waals surface area contributed by atoms with Gasteiger partial charge in [0, 0.05) is 29.3 Å². The lowest BCUT2D eigenvalue weighted by atomic mass is 10.1. The molecule has 0 saturated heterocycles. The van der Waals surface area contributed by atoms with Crippen LogP contribution >= 0.6 is 0 Å². The van der Waals surface area contributed by atoms with E-state index >= 15 is 0 Å². The molecule has 0 spiro atoms. The molecule has 2 rings (SSSR count). The molecule has 0 aliphatic heterocycles. The van der Waals surface area contributed by atoms with E-state index in [9.17, 15) is 9.18 Å². The highest BCUT2D eigenvalue weighted by molar-refractivity contribution is 5.88. The van der Waals surface area contributed by atoms with E-state index in [-0.39, 0.29) is 0 Å². The molecule has 4 heteroatoms. The fourth-order valence-corrected chi connectivity index (χ4v) is 1.47. The Morgan fingerprint density at radius 2 is 2.29 bits per heavy atom.